The second kappa shape index (κ2) is 5.78. The Morgan fingerprint density at radius 1 is 1.47 bits per heavy atom. The van der Waals surface area contributed by atoms with Crippen molar-refractivity contribution in [1.82, 2.24) is 4.90 Å². The zero-order valence-corrected chi connectivity index (χ0v) is 11.4. The maximum atomic E-state index is 12.6. The molecule has 1 saturated carbocycles. The highest BCUT2D eigenvalue weighted by atomic mass is 32.1. The van der Waals surface area contributed by atoms with Gasteiger partial charge in [-0.05, 0) is 25.7 Å². The summed E-state index contributed by atoms with van der Waals surface area (Å²) in [6.07, 6.45) is 3.28. The number of aliphatic hydroxyl groups is 1. The Hall–Kier alpha value is -0.680. The molecule has 17 heavy (non-hydrogen) atoms. The molecule has 3 N–H and O–H groups in total. The molecule has 0 heterocycles. The summed E-state index contributed by atoms with van der Waals surface area (Å²) in [6, 6.07) is 0.279. The minimum absolute atomic E-state index is 0.00782. The Labute approximate surface area is 108 Å². The van der Waals surface area contributed by atoms with Crippen LogP contribution in [0, 0.1) is 5.41 Å². The fraction of sp³-hybridized carbons (Fsp3) is 0.833. The number of nitrogens with zero attached hydrogens (tertiary/aromatic N) is 1. The number of carbonyl (C=O) groups is 1. The topological polar surface area (TPSA) is 66.6 Å². The van der Waals surface area contributed by atoms with Gasteiger partial charge in [0, 0.05) is 12.6 Å². The Morgan fingerprint density at radius 3 is 2.29 bits per heavy atom. The van der Waals surface area contributed by atoms with E-state index in [1.807, 2.05) is 13.8 Å². The highest BCUT2D eigenvalue weighted by Crippen LogP contribution is 2.35. The fourth-order valence-electron chi connectivity index (χ4n) is 2.23. The summed E-state index contributed by atoms with van der Waals surface area (Å²) in [5, 5.41) is 9.05. The number of thiocarbonyl (C=S) groups is 1. The van der Waals surface area contributed by atoms with Crippen LogP contribution in [0.25, 0.3) is 0 Å². The molecule has 1 fully saturated rings. The molecule has 1 aliphatic rings. The van der Waals surface area contributed by atoms with Crippen molar-refractivity contribution >= 4 is 23.1 Å². The summed E-state index contributed by atoms with van der Waals surface area (Å²) in [5.74, 6) is -0.00782. The van der Waals surface area contributed by atoms with Gasteiger partial charge < -0.3 is 15.7 Å². The summed E-state index contributed by atoms with van der Waals surface area (Å²) in [7, 11) is 0. The van der Waals surface area contributed by atoms with Gasteiger partial charge in [0.1, 0.15) is 0 Å². The van der Waals surface area contributed by atoms with E-state index in [0.717, 1.165) is 12.8 Å². The highest BCUT2D eigenvalue weighted by molar-refractivity contribution is 7.80. The van der Waals surface area contributed by atoms with Crippen molar-refractivity contribution in [3.05, 3.63) is 0 Å². The van der Waals surface area contributed by atoms with E-state index >= 15 is 0 Å². The zero-order chi connectivity index (χ0) is 13.1. The zero-order valence-electron chi connectivity index (χ0n) is 10.6. The molecule has 5 heteroatoms. The lowest BCUT2D eigenvalue weighted by atomic mass is 9.80. The SMILES string of the molecule is CCC(CC)(C(=O)N(CCO)C1CC1)C(N)=S. The number of nitrogens with two attached hydrogens (primary N) is 1. The monoisotopic (exact) mass is 258 g/mol. The predicted molar refractivity (Wildman–Crippen MR) is 71.6 cm³/mol. The van der Waals surface area contributed by atoms with Gasteiger partial charge in [-0.3, -0.25) is 4.79 Å². The Kier molecular flexibility index (Phi) is 4.89. The maximum Gasteiger partial charge on any atom is 0.235 e. The number of hydrogen-bond acceptors (Lipinski definition) is 3. The smallest absolute Gasteiger partial charge is 0.235 e. The first-order chi connectivity index (χ1) is 8.03. The van der Waals surface area contributed by atoms with Gasteiger partial charge in [0.25, 0.3) is 0 Å². The number of hydrogen-bond donors (Lipinski definition) is 2. The molecular weight excluding hydrogens is 236 g/mol. The highest BCUT2D eigenvalue weighted by Gasteiger charge is 2.44. The van der Waals surface area contributed by atoms with E-state index < -0.39 is 5.41 Å². The van der Waals surface area contributed by atoms with Crippen molar-refractivity contribution in [1.29, 1.82) is 0 Å². The standard InChI is InChI=1S/C12H22N2O2S/c1-3-12(4-2,10(13)17)11(16)14(7-8-15)9-5-6-9/h9,15H,3-8H2,1-2H3,(H2,13,17). The van der Waals surface area contributed by atoms with Crippen LogP contribution in [0.3, 0.4) is 0 Å². The first-order valence-electron chi connectivity index (χ1n) is 6.25. The van der Waals surface area contributed by atoms with E-state index in [0.29, 0.717) is 19.4 Å². The van der Waals surface area contributed by atoms with E-state index in [1.165, 1.54) is 0 Å². The van der Waals surface area contributed by atoms with Crippen molar-refractivity contribution in [2.24, 2.45) is 11.1 Å². The third-order valence-electron chi connectivity index (χ3n) is 3.68. The second-order valence-corrected chi connectivity index (χ2v) is 5.05. The summed E-state index contributed by atoms with van der Waals surface area (Å²) in [5.41, 5.74) is 5.04. The lowest BCUT2D eigenvalue weighted by Gasteiger charge is -2.35. The molecule has 0 aromatic rings. The van der Waals surface area contributed by atoms with Gasteiger partial charge in [-0.25, -0.2) is 0 Å². The van der Waals surface area contributed by atoms with Gasteiger partial charge in [-0.15, -0.1) is 0 Å². The molecule has 1 aliphatic carbocycles. The molecule has 0 bridgehead atoms. The lowest BCUT2D eigenvalue weighted by Crippen LogP contribution is -2.51. The van der Waals surface area contributed by atoms with Crippen LogP contribution in [0.2, 0.25) is 0 Å². The molecule has 1 rings (SSSR count). The van der Waals surface area contributed by atoms with Gasteiger partial charge in [0.05, 0.1) is 17.0 Å². The molecule has 1 amide bonds. The fourth-order valence-corrected chi connectivity index (χ4v) is 2.60. The Bertz CT molecular complexity index is 299. The molecule has 0 radical (unpaired) electrons. The van der Waals surface area contributed by atoms with Gasteiger partial charge in [0.2, 0.25) is 5.91 Å². The van der Waals surface area contributed by atoms with Crippen LogP contribution in [-0.2, 0) is 4.79 Å². The van der Waals surface area contributed by atoms with Gasteiger partial charge in [-0.1, -0.05) is 26.1 Å². The maximum absolute atomic E-state index is 12.6. The van der Waals surface area contributed by atoms with Crippen molar-refractivity contribution in [2.45, 2.75) is 45.6 Å². The number of rotatable bonds is 7. The van der Waals surface area contributed by atoms with Gasteiger partial charge in [0.15, 0.2) is 0 Å². The van der Waals surface area contributed by atoms with Crippen LogP contribution in [0.1, 0.15) is 39.5 Å². The largest absolute Gasteiger partial charge is 0.395 e. The number of amides is 1. The predicted octanol–water partition coefficient (Wildman–Crippen LogP) is 1.06. The minimum Gasteiger partial charge on any atom is -0.395 e. The van der Waals surface area contributed by atoms with Crippen LogP contribution in [-0.4, -0.2) is 40.1 Å². The van der Waals surface area contributed by atoms with Crippen LogP contribution in [0.5, 0.6) is 0 Å². The van der Waals surface area contributed by atoms with Crippen molar-refractivity contribution in [3.8, 4) is 0 Å². The van der Waals surface area contributed by atoms with E-state index in [1.54, 1.807) is 4.90 Å². The van der Waals surface area contributed by atoms with Gasteiger partial charge in [-0.2, -0.15) is 0 Å². The third kappa shape index (κ3) is 2.77. The molecule has 0 aromatic heterocycles. The average Bonchev–Trinajstić information content (AvgIpc) is 3.11. The van der Waals surface area contributed by atoms with E-state index in [4.69, 9.17) is 23.1 Å². The van der Waals surface area contributed by atoms with E-state index in [9.17, 15) is 4.79 Å². The van der Waals surface area contributed by atoms with Crippen molar-refractivity contribution in [2.75, 3.05) is 13.2 Å². The first kappa shape index (κ1) is 14.4. The lowest BCUT2D eigenvalue weighted by molar-refractivity contribution is -0.139. The van der Waals surface area contributed by atoms with E-state index in [2.05, 4.69) is 0 Å². The van der Waals surface area contributed by atoms with Crippen LogP contribution < -0.4 is 5.73 Å². The summed E-state index contributed by atoms with van der Waals surface area (Å²) >= 11 is 5.08. The number of carbonyl (C=O) groups excluding carboxylic acids is 1. The molecule has 0 atom stereocenters. The van der Waals surface area contributed by atoms with Crippen molar-refractivity contribution < 1.29 is 9.90 Å². The Balaban J connectivity index is 2.92. The quantitative estimate of drug-likeness (QED) is 0.670. The normalized spacial score (nSPS) is 15.7. The van der Waals surface area contributed by atoms with Crippen LogP contribution in [0.15, 0.2) is 0 Å². The molecule has 98 valence electrons. The van der Waals surface area contributed by atoms with E-state index in [-0.39, 0.29) is 23.5 Å². The summed E-state index contributed by atoms with van der Waals surface area (Å²) in [6.45, 7) is 4.24. The second-order valence-electron chi connectivity index (χ2n) is 4.61. The summed E-state index contributed by atoms with van der Waals surface area (Å²) < 4.78 is 0. The number of aliphatic hydroxyl groups excluding tert-OH is 1. The molecule has 0 spiro atoms. The molecular formula is C12H22N2O2S. The third-order valence-corrected chi connectivity index (χ3v) is 4.07. The van der Waals surface area contributed by atoms with Crippen LogP contribution >= 0.6 is 12.2 Å². The van der Waals surface area contributed by atoms with Crippen LogP contribution in [0.4, 0.5) is 0 Å². The molecule has 4 nitrogen and oxygen atoms in total. The molecule has 0 aliphatic heterocycles. The Morgan fingerprint density at radius 2 is 2.00 bits per heavy atom. The summed E-state index contributed by atoms with van der Waals surface area (Å²) in [4.78, 5) is 14.6. The van der Waals surface area contributed by atoms with Crippen molar-refractivity contribution in [3.63, 3.8) is 0 Å². The average molecular weight is 258 g/mol. The van der Waals surface area contributed by atoms with Gasteiger partial charge >= 0.3 is 0 Å². The molecule has 0 unspecified atom stereocenters. The first-order valence-corrected chi connectivity index (χ1v) is 6.66. The molecule has 0 aromatic carbocycles. The molecule has 0 saturated heterocycles. The minimum atomic E-state index is -0.729.